The highest BCUT2D eigenvalue weighted by atomic mass is 16.7. The van der Waals surface area contributed by atoms with Crippen LogP contribution in [0.15, 0.2) is 60.7 Å². The van der Waals surface area contributed by atoms with Gasteiger partial charge in [0.1, 0.15) is 31.0 Å². The maximum absolute atomic E-state index is 12.8. The molecule has 15 heteroatoms. The van der Waals surface area contributed by atoms with E-state index in [1.807, 2.05) is 0 Å². The van der Waals surface area contributed by atoms with Gasteiger partial charge in [-0.25, -0.2) is 4.79 Å². The van der Waals surface area contributed by atoms with E-state index in [9.17, 15) is 38.9 Å². The summed E-state index contributed by atoms with van der Waals surface area (Å²) < 4.78 is 10.00. The molecular formula is C28H29N5O10. The van der Waals surface area contributed by atoms with Crippen LogP contribution in [0.2, 0.25) is 0 Å². The summed E-state index contributed by atoms with van der Waals surface area (Å²) in [6.07, 6.45) is 1.08. The fourth-order valence-corrected chi connectivity index (χ4v) is 3.69. The molecule has 2 aromatic rings. The Morgan fingerprint density at radius 1 is 0.884 bits per heavy atom. The number of hydrogen-bond donors (Lipinski definition) is 3. The number of nitrogens with zero attached hydrogens (tertiary/aromatic N) is 2. The van der Waals surface area contributed by atoms with Crippen molar-refractivity contribution in [2.45, 2.75) is 39.5 Å². The Hall–Kier alpha value is -5.60. The van der Waals surface area contributed by atoms with Crippen molar-refractivity contribution in [3.05, 3.63) is 76.4 Å². The first-order valence-electron chi connectivity index (χ1n) is 13.0. The van der Waals surface area contributed by atoms with Crippen LogP contribution >= 0.6 is 0 Å². The summed E-state index contributed by atoms with van der Waals surface area (Å²) in [4.78, 5) is 84.0. The van der Waals surface area contributed by atoms with Crippen molar-refractivity contribution in [1.82, 2.24) is 15.5 Å². The number of rotatable bonds is 12. The topological polar surface area (TPSA) is 203 Å². The van der Waals surface area contributed by atoms with Gasteiger partial charge in [-0.15, -0.1) is 0 Å². The Labute approximate surface area is 245 Å². The minimum absolute atomic E-state index is 0.0737. The Morgan fingerprint density at radius 3 is 2.05 bits per heavy atom. The van der Waals surface area contributed by atoms with Crippen molar-refractivity contribution in [3.8, 4) is 5.75 Å². The monoisotopic (exact) mass is 595 g/mol. The van der Waals surface area contributed by atoms with E-state index in [0.717, 1.165) is 17.1 Å². The van der Waals surface area contributed by atoms with Gasteiger partial charge in [0.25, 0.3) is 17.5 Å². The number of ether oxygens (including phenoxy) is 2. The maximum Gasteiger partial charge on any atom is 0.514 e. The van der Waals surface area contributed by atoms with Crippen LogP contribution in [0.4, 0.5) is 16.2 Å². The molecule has 1 heterocycles. The van der Waals surface area contributed by atoms with Crippen LogP contribution in [0.1, 0.15) is 26.3 Å². The summed E-state index contributed by atoms with van der Waals surface area (Å²) in [5.74, 6) is -3.43. The highest BCUT2D eigenvalue weighted by Gasteiger charge is 2.30. The van der Waals surface area contributed by atoms with Crippen molar-refractivity contribution < 1.29 is 43.2 Å². The molecule has 1 unspecified atom stereocenters. The zero-order chi connectivity index (χ0) is 31.7. The van der Waals surface area contributed by atoms with E-state index in [0.29, 0.717) is 11.3 Å². The standard InChI is InChI=1S/C28H29N5O10/c1-16(2)25(31-22(34)14-32-23(35)12-13-24(32)36)27(38)29-17(3)26(37)30-19-6-4-18(5-7-19)15-42-28(39)43-21-10-8-20(9-11-21)33(40)41/h4-13,16-17,25H,14-15H2,1-3H3,(H,29,38)(H,30,37)(H,31,34)/t17-,25?/m0/s1. The van der Waals surface area contributed by atoms with Crippen LogP contribution in [0.5, 0.6) is 5.75 Å². The second-order valence-electron chi connectivity index (χ2n) is 9.69. The molecule has 3 rings (SSSR count). The smallest absolute Gasteiger partial charge is 0.429 e. The second kappa shape index (κ2) is 14.3. The van der Waals surface area contributed by atoms with Gasteiger partial charge in [0.05, 0.1) is 4.92 Å². The molecule has 226 valence electrons. The van der Waals surface area contributed by atoms with Crippen LogP contribution in [0.25, 0.3) is 0 Å². The first-order chi connectivity index (χ1) is 20.3. The summed E-state index contributed by atoms with van der Waals surface area (Å²) in [5, 5.41) is 18.4. The Bertz CT molecular complexity index is 1420. The predicted molar refractivity (Wildman–Crippen MR) is 149 cm³/mol. The number of imide groups is 1. The number of nitrogens with one attached hydrogen (secondary N) is 3. The highest BCUT2D eigenvalue weighted by molar-refractivity contribution is 6.14. The molecule has 2 aromatic carbocycles. The van der Waals surface area contributed by atoms with Crippen molar-refractivity contribution in [3.63, 3.8) is 0 Å². The number of non-ortho nitro benzene ring substituents is 1. The first kappa shape index (κ1) is 31.9. The van der Waals surface area contributed by atoms with Crippen molar-refractivity contribution >= 4 is 47.1 Å². The summed E-state index contributed by atoms with van der Waals surface area (Å²) >= 11 is 0. The molecule has 0 spiro atoms. The molecule has 5 amide bonds. The molecule has 0 radical (unpaired) electrons. The van der Waals surface area contributed by atoms with Crippen molar-refractivity contribution in [2.75, 3.05) is 11.9 Å². The number of hydrogen-bond acceptors (Lipinski definition) is 10. The minimum Gasteiger partial charge on any atom is -0.429 e. The molecule has 0 aliphatic carbocycles. The van der Waals surface area contributed by atoms with E-state index in [1.165, 1.54) is 31.2 Å². The number of nitro benzene ring substituents is 1. The van der Waals surface area contributed by atoms with E-state index < -0.39 is 59.2 Å². The second-order valence-corrected chi connectivity index (χ2v) is 9.69. The van der Waals surface area contributed by atoms with Gasteiger partial charge in [-0.05, 0) is 42.7 Å². The summed E-state index contributed by atoms with van der Waals surface area (Å²) in [7, 11) is 0. The molecule has 0 saturated carbocycles. The number of anilines is 1. The molecule has 15 nitrogen and oxygen atoms in total. The van der Waals surface area contributed by atoms with Crippen LogP contribution in [-0.4, -0.2) is 64.1 Å². The number of benzene rings is 2. The van der Waals surface area contributed by atoms with Crippen LogP contribution in [0.3, 0.4) is 0 Å². The van der Waals surface area contributed by atoms with Gasteiger partial charge in [0, 0.05) is 30.0 Å². The molecule has 0 fully saturated rings. The Kier molecular flexibility index (Phi) is 10.6. The lowest BCUT2D eigenvalue weighted by Crippen LogP contribution is -2.55. The molecule has 0 saturated heterocycles. The number of nitro groups is 1. The van der Waals surface area contributed by atoms with Gasteiger partial charge < -0.3 is 25.4 Å². The quantitative estimate of drug-likeness (QED) is 0.107. The van der Waals surface area contributed by atoms with Crippen LogP contribution in [0, 0.1) is 16.0 Å². The Balaban J connectivity index is 1.45. The zero-order valence-electron chi connectivity index (χ0n) is 23.4. The first-order valence-corrected chi connectivity index (χ1v) is 13.0. The predicted octanol–water partition coefficient (Wildman–Crippen LogP) is 1.82. The average Bonchev–Trinajstić information content (AvgIpc) is 3.27. The molecular weight excluding hydrogens is 566 g/mol. The summed E-state index contributed by atoms with van der Waals surface area (Å²) in [5.41, 5.74) is 0.813. The van der Waals surface area contributed by atoms with Gasteiger partial charge in [-0.1, -0.05) is 26.0 Å². The van der Waals surface area contributed by atoms with Gasteiger partial charge >= 0.3 is 6.16 Å². The number of amides is 5. The highest BCUT2D eigenvalue weighted by Crippen LogP contribution is 2.18. The summed E-state index contributed by atoms with van der Waals surface area (Å²) in [6, 6.07) is 9.17. The minimum atomic E-state index is -1.03. The molecule has 3 N–H and O–H groups in total. The van der Waals surface area contributed by atoms with E-state index >= 15 is 0 Å². The van der Waals surface area contributed by atoms with Gasteiger partial charge in [-0.2, -0.15) is 0 Å². The lowest BCUT2D eigenvalue weighted by Gasteiger charge is -2.24. The Morgan fingerprint density at radius 2 is 1.49 bits per heavy atom. The third kappa shape index (κ3) is 9.21. The molecule has 0 bridgehead atoms. The van der Waals surface area contributed by atoms with E-state index in [-0.39, 0.29) is 24.0 Å². The lowest BCUT2D eigenvalue weighted by atomic mass is 10.0. The van der Waals surface area contributed by atoms with E-state index in [4.69, 9.17) is 9.47 Å². The lowest BCUT2D eigenvalue weighted by molar-refractivity contribution is -0.384. The van der Waals surface area contributed by atoms with Crippen molar-refractivity contribution in [2.24, 2.45) is 5.92 Å². The largest absolute Gasteiger partial charge is 0.514 e. The molecule has 1 aliphatic rings. The normalized spacial score (nSPS) is 13.7. The SMILES string of the molecule is CC(C)C(NC(=O)CN1C(=O)C=CC1=O)C(=O)N[C@@H](C)C(=O)Nc1ccc(COC(=O)Oc2ccc([N+](=O)[O-])cc2)cc1. The number of carbonyl (C=O) groups is 6. The molecule has 0 aromatic heterocycles. The number of carbonyl (C=O) groups excluding carboxylic acids is 6. The van der Waals surface area contributed by atoms with Gasteiger partial charge in [-0.3, -0.25) is 39.0 Å². The van der Waals surface area contributed by atoms with Crippen LogP contribution < -0.4 is 20.7 Å². The van der Waals surface area contributed by atoms with Gasteiger partial charge in [0.15, 0.2) is 0 Å². The molecule has 2 atom stereocenters. The van der Waals surface area contributed by atoms with E-state index in [1.54, 1.807) is 38.1 Å². The third-order valence-electron chi connectivity index (χ3n) is 6.05. The fourth-order valence-electron chi connectivity index (χ4n) is 3.69. The maximum atomic E-state index is 12.8. The zero-order valence-corrected chi connectivity index (χ0v) is 23.4. The fraction of sp³-hybridized carbons (Fsp3) is 0.286. The summed E-state index contributed by atoms with van der Waals surface area (Å²) in [6.45, 7) is 4.14. The van der Waals surface area contributed by atoms with Crippen LogP contribution in [-0.2, 0) is 35.3 Å². The molecule has 1 aliphatic heterocycles. The van der Waals surface area contributed by atoms with E-state index in [2.05, 4.69) is 16.0 Å². The van der Waals surface area contributed by atoms with Gasteiger partial charge in [0.2, 0.25) is 17.7 Å². The third-order valence-corrected chi connectivity index (χ3v) is 6.05. The molecule has 43 heavy (non-hydrogen) atoms. The average molecular weight is 596 g/mol. The van der Waals surface area contributed by atoms with Crippen molar-refractivity contribution in [1.29, 1.82) is 0 Å².